The lowest BCUT2D eigenvalue weighted by atomic mass is 9.99. The molecule has 8 heteroatoms. The van der Waals surface area contributed by atoms with Crippen molar-refractivity contribution in [3.05, 3.63) is 80.6 Å². The van der Waals surface area contributed by atoms with E-state index in [0.717, 1.165) is 11.1 Å². The van der Waals surface area contributed by atoms with Crippen LogP contribution in [0, 0.1) is 25.2 Å². The van der Waals surface area contributed by atoms with E-state index < -0.39 is 17.4 Å². The third-order valence-electron chi connectivity index (χ3n) is 5.50. The third kappa shape index (κ3) is 3.85. The number of carboxylic acid groups (broad SMARTS) is 1. The second-order valence-corrected chi connectivity index (χ2v) is 8.03. The van der Waals surface area contributed by atoms with E-state index in [1.54, 1.807) is 42.2 Å². The molecule has 4 aromatic rings. The molecule has 166 valence electrons. The molecule has 8 nitrogen and oxygen atoms in total. The lowest BCUT2D eigenvalue weighted by molar-refractivity contribution is 0.0698. The van der Waals surface area contributed by atoms with Gasteiger partial charge in [-0.1, -0.05) is 18.2 Å². The van der Waals surface area contributed by atoms with Crippen LogP contribution in [0.2, 0.25) is 0 Å². The topological polar surface area (TPSA) is 121 Å². The molecule has 0 fully saturated rings. The highest BCUT2D eigenvalue weighted by atomic mass is 16.4. The zero-order valence-electron chi connectivity index (χ0n) is 18.6. The molecule has 0 bridgehead atoms. The molecule has 33 heavy (non-hydrogen) atoms. The summed E-state index contributed by atoms with van der Waals surface area (Å²) >= 11 is 0. The van der Waals surface area contributed by atoms with E-state index in [-0.39, 0.29) is 16.9 Å². The fraction of sp³-hybridized carbons (Fsp3) is 0.200. The number of fused-ring (bicyclic) bond motifs is 1. The summed E-state index contributed by atoms with van der Waals surface area (Å²) in [5.41, 5.74) is 3.07. The molecule has 2 aromatic heterocycles. The average molecular weight is 442 g/mol. The molecule has 0 saturated heterocycles. The number of para-hydroxylation sites is 1. The molecule has 0 spiro atoms. The lowest BCUT2D eigenvalue weighted by Gasteiger charge is -2.19. The van der Waals surface area contributed by atoms with Crippen molar-refractivity contribution >= 4 is 22.6 Å². The Bertz CT molecular complexity index is 1510. The monoisotopic (exact) mass is 442 g/mol. The fourth-order valence-corrected chi connectivity index (χ4v) is 4.00. The summed E-state index contributed by atoms with van der Waals surface area (Å²) in [4.78, 5) is 24.9. The largest absolute Gasteiger partial charge is 0.478 e. The third-order valence-corrected chi connectivity index (χ3v) is 5.50. The minimum absolute atomic E-state index is 0.0994. The minimum Gasteiger partial charge on any atom is -0.478 e. The molecule has 0 amide bonds. The van der Waals surface area contributed by atoms with Gasteiger partial charge in [-0.15, -0.1) is 0 Å². The summed E-state index contributed by atoms with van der Waals surface area (Å²) in [6.45, 7) is 5.54. The second kappa shape index (κ2) is 8.28. The van der Waals surface area contributed by atoms with Crippen molar-refractivity contribution in [1.29, 1.82) is 5.26 Å². The number of carbonyl (C=O) groups is 1. The quantitative estimate of drug-likeness (QED) is 0.465. The maximum atomic E-state index is 13.3. The predicted octanol–water partition coefficient (Wildman–Crippen LogP) is 4.55. The molecule has 0 aliphatic rings. The Labute approximate surface area is 189 Å². The number of hydrogen-bond acceptors (Lipinski definition) is 6. The number of nitriles is 1. The number of aryl methyl sites for hydroxylation is 3. The average Bonchev–Trinajstić information content (AvgIpc) is 3.11. The van der Waals surface area contributed by atoms with Gasteiger partial charge in [0.15, 0.2) is 5.76 Å². The highest BCUT2D eigenvalue weighted by Gasteiger charge is 2.23. The zero-order valence-corrected chi connectivity index (χ0v) is 18.6. The van der Waals surface area contributed by atoms with Crippen molar-refractivity contribution in [2.45, 2.75) is 26.8 Å². The Hall–Kier alpha value is -4.38. The van der Waals surface area contributed by atoms with Gasteiger partial charge in [-0.05, 0) is 50.1 Å². The molecule has 4 rings (SSSR count). The second-order valence-electron chi connectivity index (χ2n) is 8.03. The van der Waals surface area contributed by atoms with E-state index in [4.69, 9.17) is 4.42 Å². The molecule has 0 unspecified atom stereocenters. The van der Waals surface area contributed by atoms with Gasteiger partial charge in [-0.3, -0.25) is 9.48 Å². The van der Waals surface area contributed by atoms with E-state index >= 15 is 0 Å². The van der Waals surface area contributed by atoms with Crippen molar-refractivity contribution in [3.63, 3.8) is 0 Å². The Morgan fingerprint density at radius 3 is 2.64 bits per heavy atom. The number of rotatable bonds is 5. The van der Waals surface area contributed by atoms with Crippen LogP contribution >= 0.6 is 0 Å². The molecule has 0 aliphatic carbocycles. The smallest absolute Gasteiger partial charge is 0.337 e. The summed E-state index contributed by atoms with van der Waals surface area (Å²) in [6.07, 6.45) is 1.78. The van der Waals surface area contributed by atoms with Crippen molar-refractivity contribution in [1.82, 2.24) is 9.78 Å². The van der Waals surface area contributed by atoms with Crippen LogP contribution in [0.4, 0.5) is 5.69 Å². The molecule has 0 aliphatic heterocycles. The molecule has 2 aromatic carbocycles. The van der Waals surface area contributed by atoms with Crippen molar-refractivity contribution < 1.29 is 14.3 Å². The Morgan fingerprint density at radius 2 is 2.00 bits per heavy atom. The van der Waals surface area contributed by atoms with Crippen LogP contribution in [-0.2, 0) is 7.05 Å². The summed E-state index contributed by atoms with van der Waals surface area (Å²) in [7, 11) is 1.75. The SMILES string of the molecule is Cc1cc([C@@H](C)Nc2ccccc2C(=O)O)c2oc(-c3nn(C)cc3C)c(C#N)c(=O)c2c1. The number of benzene rings is 2. The summed E-state index contributed by atoms with van der Waals surface area (Å²) < 4.78 is 7.81. The van der Waals surface area contributed by atoms with Gasteiger partial charge in [0, 0.05) is 24.5 Å². The first-order valence-corrected chi connectivity index (χ1v) is 10.3. The van der Waals surface area contributed by atoms with Crippen LogP contribution in [0.1, 0.15) is 45.6 Å². The first kappa shape index (κ1) is 21.8. The van der Waals surface area contributed by atoms with Crippen LogP contribution in [-0.4, -0.2) is 20.9 Å². The minimum atomic E-state index is -1.04. The van der Waals surface area contributed by atoms with Crippen LogP contribution in [0.25, 0.3) is 22.4 Å². The number of aromatic nitrogens is 2. The van der Waals surface area contributed by atoms with E-state index in [1.165, 1.54) is 6.07 Å². The summed E-state index contributed by atoms with van der Waals surface area (Å²) in [5, 5.41) is 27.1. The van der Waals surface area contributed by atoms with Crippen LogP contribution in [0.5, 0.6) is 0 Å². The highest BCUT2D eigenvalue weighted by molar-refractivity contribution is 5.94. The van der Waals surface area contributed by atoms with Crippen molar-refractivity contribution in [3.8, 4) is 17.5 Å². The van der Waals surface area contributed by atoms with Gasteiger partial charge in [0.2, 0.25) is 5.43 Å². The molecule has 0 saturated carbocycles. The van der Waals surface area contributed by atoms with Gasteiger partial charge in [0.05, 0.1) is 17.0 Å². The summed E-state index contributed by atoms with van der Waals surface area (Å²) in [5.74, 6) is -0.922. The number of hydrogen-bond donors (Lipinski definition) is 2. The van der Waals surface area contributed by atoms with E-state index in [9.17, 15) is 20.0 Å². The maximum Gasteiger partial charge on any atom is 0.337 e. The van der Waals surface area contributed by atoms with Gasteiger partial charge in [-0.25, -0.2) is 4.79 Å². The standard InChI is InChI=1S/C25H22N4O4/c1-13-9-17(15(3)27-20-8-6-5-7-16(20)25(31)32)23-18(10-13)22(30)19(11-26)24(33-23)21-14(2)12-29(4)28-21/h5-10,12,15,27H,1-4H3,(H,31,32)/t15-/m1/s1. The molecule has 1 atom stereocenters. The molecule has 2 N–H and O–H groups in total. The maximum absolute atomic E-state index is 13.3. The zero-order chi connectivity index (χ0) is 23.9. The fourth-order valence-electron chi connectivity index (χ4n) is 4.00. The first-order valence-electron chi connectivity index (χ1n) is 10.3. The van der Waals surface area contributed by atoms with Gasteiger partial charge < -0.3 is 14.8 Å². The number of nitrogens with zero attached hydrogens (tertiary/aromatic N) is 3. The van der Waals surface area contributed by atoms with E-state index in [2.05, 4.69) is 10.4 Å². The van der Waals surface area contributed by atoms with Gasteiger partial charge in [0.25, 0.3) is 0 Å². The first-order chi connectivity index (χ1) is 15.7. The summed E-state index contributed by atoms with van der Waals surface area (Å²) in [6, 6.07) is 11.8. The van der Waals surface area contributed by atoms with E-state index in [0.29, 0.717) is 27.9 Å². The lowest BCUT2D eigenvalue weighted by Crippen LogP contribution is -2.14. The highest BCUT2D eigenvalue weighted by Crippen LogP contribution is 2.33. The number of carboxylic acids is 1. The van der Waals surface area contributed by atoms with Crippen LogP contribution < -0.4 is 10.7 Å². The Kier molecular flexibility index (Phi) is 5.48. The molecular weight excluding hydrogens is 420 g/mol. The number of nitrogens with one attached hydrogen (secondary N) is 1. The van der Waals surface area contributed by atoms with Gasteiger partial charge >= 0.3 is 5.97 Å². The van der Waals surface area contributed by atoms with Crippen LogP contribution in [0.3, 0.4) is 0 Å². The molecule has 0 radical (unpaired) electrons. The Balaban J connectivity index is 1.95. The van der Waals surface area contributed by atoms with Gasteiger partial charge in [-0.2, -0.15) is 10.4 Å². The predicted molar refractivity (Wildman–Crippen MR) is 124 cm³/mol. The normalized spacial score (nSPS) is 11.8. The van der Waals surface area contributed by atoms with Gasteiger partial charge in [0.1, 0.15) is 22.9 Å². The van der Waals surface area contributed by atoms with Crippen molar-refractivity contribution in [2.75, 3.05) is 5.32 Å². The van der Waals surface area contributed by atoms with Crippen molar-refractivity contribution in [2.24, 2.45) is 7.05 Å². The van der Waals surface area contributed by atoms with E-state index in [1.807, 2.05) is 32.9 Å². The Morgan fingerprint density at radius 1 is 1.27 bits per heavy atom. The number of aromatic carboxylic acids is 1. The van der Waals surface area contributed by atoms with Crippen LogP contribution in [0.15, 0.2) is 51.8 Å². The number of anilines is 1. The molecule has 2 heterocycles. The molecular formula is C25H22N4O4.